The van der Waals surface area contributed by atoms with Gasteiger partial charge in [-0.3, -0.25) is 4.79 Å². The summed E-state index contributed by atoms with van der Waals surface area (Å²) >= 11 is 3.90. The zero-order chi connectivity index (χ0) is 24.3. The summed E-state index contributed by atoms with van der Waals surface area (Å²) in [7, 11) is 0. The summed E-state index contributed by atoms with van der Waals surface area (Å²) < 4.78 is 5.21. The molecule has 0 radical (unpaired) electrons. The van der Waals surface area contributed by atoms with Gasteiger partial charge in [-0.25, -0.2) is 4.79 Å². The van der Waals surface area contributed by atoms with E-state index in [4.69, 9.17) is 4.74 Å². The molecule has 0 bridgehead atoms. The number of carbonyl (C=O) groups excluding carboxylic acids is 1. The Balaban J connectivity index is 1.22. The van der Waals surface area contributed by atoms with E-state index in [-0.39, 0.29) is 16.6 Å². The fraction of sp³-hybridized carbons (Fsp3) is 0.286. The molecule has 3 aromatic carbocycles. The topological polar surface area (TPSA) is 75.6 Å². The van der Waals surface area contributed by atoms with Gasteiger partial charge in [-0.1, -0.05) is 66.7 Å². The second kappa shape index (κ2) is 10.5. The van der Waals surface area contributed by atoms with Crippen molar-refractivity contribution in [3.63, 3.8) is 0 Å². The fourth-order valence-electron chi connectivity index (χ4n) is 4.60. The van der Waals surface area contributed by atoms with Crippen molar-refractivity contribution in [2.45, 2.75) is 41.3 Å². The highest BCUT2D eigenvalue weighted by Crippen LogP contribution is 2.59. The lowest BCUT2D eigenvalue weighted by Gasteiger charge is -2.29. The van der Waals surface area contributed by atoms with Gasteiger partial charge in [0, 0.05) is 29.5 Å². The van der Waals surface area contributed by atoms with Crippen LogP contribution in [0.3, 0.4) is 0 Å². The van der Waals surface area contributed by atoms with E-state index in [0.717, 1.165) is 23.3 Å². The van der Waals surface area contributed by atoms with Crippen LogP contribution in [0, 0.1) is 0 Å². The summed E-state index contributed by atoms with van der Waals surface area (Å²) in [4.78, 5) is 24.0. The molecule has 0 saturated carbocycles. The van der Waals surface area contributed by atoms with E-state index in [2.05, 4.69) is 53.8 Å². The van der Waals surface area contributed by atoms with Crippen LogP contribution in [0.2, 0.25) is 0 Å². The Labute approximate surface area is 213 Å². The van der Waals surface area contributed by atoms with Crippen molar-refractivity contribution in [3.8, 4) is 0 Å². The summed E-state index contributed by atoms with van der Waals surface area (Å²) in [6.07, 6.45) is 0.714. The van der Waals surface area contributed by atoms with Crippen LogP contribution in [-0.2, 0) is 31.4 Å². The number of aliphatic carboxylic acids is 1. The van der Waals surface area contributed by atoms with Crippen LogP contribution in [0.5, 0.6) is 0 Å². The van der Waals surface area contributed by atoms with Crippen molar-refractivity contribution in [3.05, 3.63) is 101 Å². The Bertz CT molecular complexity index is 1160. The van der Waals surface area contributed by atoms with Crippen molar-refractivity contribution in [2.75, 3.05) is 11.1 Å². The molecule has 1 amide bonds. The predicted octanol–water partition coefficient (Wildman–Crippen LogP) is 5.68. The Morgan fingerprint density at radius 2 is 1.66 bits per heavy atom. The highest BCUT2D eigenvalue weighted by atomic mass is 32.2. The summed E-state index contributed by atoms with van der Waals surface area (Å²) in [5, 5.41) is 12.6. The number of carbonyl (C=O) groups is 2. The number of amides is 1. The van der Waals surface area contributed by atoms with Crippen molar-refractivity contribution in [2.24, 2.45) is 0 Å². The fourth-order valence-corrected chi connectivity index (χ4v) is 8.40. The summed E-state index contributed by atoms with van der Waals surface area (Å²) in [5.74, 6) is 0.00498. The first kappa shape index (κ1) is 24.0. The number of ether oxygens (including phenoxy) is 1. The smallest absolute Gasteiger partial charge is 0.333 e. The zero-order valence-electron chi connectivity index (χ0n) is 19.2. The number of benzene rings is 3. The molecular formula is C28H27NO4S2. The van der Waals surface area contributed by atoms with Crippen LogP contribution in [0.15, 0.2) is 78.9 Å². The van der Waals surface area contributed by atoms with Crippen LogP contribution < -0.4 is 5.32 Å². The van der Waals surface area contributed by atoms with Crippen LogP contribution in [0.1, 0.15) is 35.1 Å². The van der Waals surface area contributed by atoms with Crippen molar-refractivity contribution in [1.29, 1.82) is 0 Å². The maximum atomic E-state index is 12.8. The molecule has 2 atom stereocenters. The van der Waals surface area contributed by atoms with Gasteiger partial charge in [-0.15, -0.1) is 23.5 Å². The third kappa shape index (κ3) is 5.27. The molecule has 0 spiro atoms. The monoisotopic (exact) mass is 505 g/mol. The Morgan fingerprint density at radius 3 is 2.31 bits per heavy atom. The van der Waals surface area contributed by atoms with E-state index in [1.807, 2.05) is 53.9 Å². The van der Waals surface area contributed by atoms with Gasteiger partial charge in [0.25, 0.3) is 0 Å². The van der Waals surface area contributed by atoms with E-state index in [0.29, 0.717) is 23.8 Å². The van der Waals surface area contributed by atoms with Gasteiger partial charge in [-0.2, -0.15) is 0 Å². The standard InChI is InChI=1S/C28H27NO4S2/c30-26(29-23-12-11-19-17-33-25(27(31)32)16-20(19)15-23)14-13-24-18-34-28(35-24,21-7-3-1-4-8-21)22-9-5-2-6-10-22/h1-12,15,24-25H,13-14,16-18H2,(H,29,30)(H,31,32)/t24?,25-/m0/s1. The maximum Gasteiger partial charge on any atom is 0.333 e. The van der Waals surface area contributed by atoms with Gasteiger partial charge in [0.15, 0.2) is 6.10 Å². The Hall–Kier alpha value is -2.74. The number of thioether (sulfide) groups is 2. The normalized spacial score (nSPS) is 20.7. The average molecular weight is 506 g/mol. The lowest BCUT2D eigenvalue weighted by molar-refractivity contribution is -0.152. The molecule has 1 saturated heterocycles. The second-order valence-electron chi connectivity index (χ2n) is 8.81. The summed E-state index contributed by atoms with van der Waals surface area (Å²) in [6.45, 7) is 0.279. The first-order valence-corrected chi connectivity index (χ1v) is 13.6. The molecular weight excluding hydrogens is 478 g/mol. The van der Waals surface area contributed by atoms with Crippen LogP contribution in [0.4, 0.5) is 5.69 Å². The highest BCUT2D eigenvalue weighted by Gasteiger charge is 2.43. The molecule has 5 rings (SSSR count). The van der Waals surface area contributed by atoms with Crippen molar-refractivity contribution in [1.82, 2.24) is 0 Å². The molecule has 5 nitrogen and oxygen atoms in total. The number of hydrogen-bond donors (Lipinski definition) is 2. The van der Waals surface area contributed by atoms with Crippen LogP contribution in [0.25, 0.3) is 0 Å². The van der Waals surface area contributed by atoms with E-state index >= 15 is 0 Å². The molecule has 0 aliphatic carbocycles. The maximum absolute atomic E-state index is 12.8. The number of hydrogen-bond acceptors (Lipinski definition) is 5. The minimum Gasteiger partial charge on any atom is -0.479 e. The van der Waals surface area contributed by atoms with Gasteiger partial charge >= 0.3 is 5.97 Å². The molecule has 2 aliphatic rings. The van der Waals surface area contributed by atoms with E-state index < -0.39 is 12.1 Å². The lowest BCUT2D eigenvalue weighted by Crippen LogP contribution is -2.30. The third-order valence-electron chi connectivity index (χ3n) is 6.42. The van der Waals surface area contributed by atoms with Crippen LogP contribution in [-0.4, -0.2) is 34.1 Å². The number of nitrogens with one attached hydrogen (secondary N) is 1. The number of carboxylic acids is 1. The first-order valence-electron chi connectivity index (χ1n) is 11.7. The third-order valence-corrected chi connectivity index (χ3v) is 10.3. The van der Waals surface area contributed by atoms with Crippen molar-refractivity contribution >= 4 is 41.1 Å². The quantitative estimate of drug-likeness (QED) is 0.430. The predicted molar refractivity (Wildman–Crippen MR) is 142 cm³/mol. The largest absolute Gasteiger partial charge is 0.479 e. The molecule has 2 N–H and O–H groups in total. The molecule has 180 valence electrons. The highest BCUT2D eigenvalue weighted by molar-refractivity contribution is 8.21. The summed E-state index contributed by atoms with van der Waals surface area (Å²) in [6, 6.07) is 26.9. The molecule has 3 aromatic rings. The van der Waals surface area contributed by atoms with E-state index in [1.165, 1.54) is 11.1 Å². The van der Waals surface area contributed by atoms with Gasteiger partial charge in [0.05, 0.1) is 6.61 Å². The molecule has 0 aromatic heterocycles. The minimum atomic E-state index is -0.959. The van der Waals surface area contributed by atoms with Gasteiger partial charge < -0.3 is 15.2 Å². The minimum absolute atomic E-state index is 0.0192. The van der Waals surface area contributed by atoms with Crippen molar-refractivity contribution < 1.29 is 19.4 Å². The van der Waals surface area contributed by atoms with Gasteiger partial charge in [-0.05, 0) is 40.8 Å². The molecule has 1 fully saturated rings. The average Bonchev–Trinajstić information content (AvgIpc) is 3.34. The number of carboxylic acid groups (broad SMARTS) is 1. The number of fused-ring (bicyclic) bond motifs is 1. The zero-order valence-corrected chi connectivity index (χ0v) is 20.8. The first-order chi connectivity index (χ1) is 17.0. The molecule has 2 heterocycles. The Morgan fingerprint density at radius 1 is 0.971 bits per heavy atom. The SMILES string of the molecule is O=C(CCC1CSC(c2ccccc2)(c2ccccc2)S1)Nc1ccc2c(c1)C[C@@H](C(=O)O)OC2. The molecule has 35 heavy (non-hydrogen) atoms. The van der Waals surface area contributed by atoms with E-state index in [1.54, 1.807) is 0 Å². The second-order valence-corrected chi connectivity index (χ2v) is 11.8. The van der Waals surface area contributed by atoms with Gasteiger partial charge in [0.1, 0.15) is 4.08 Å². The molecule has 1 unspecified atom stereocenters. The summed E-state index contributed by atoms with van der Waals surface area (Å²) in [5.41, 5.74) is 5.16. The van der Waals surface area contributed by atoms with Gasteiger partial charge in [0.2, 0.25) is 5.91 Å². The lowest BCUT2D eigenvalue weighted by atomic mass is 9.98. The Kier molecular flexibility index (Phi) is 7.18. The molecule has 7 heteroatoms. The number of anilines is 1. The van der Waals surface area contributed by atoms with Crippen LogP contribution >= 0.6 is 23.5 Å². The van der Waals surface area contributed by atoms with E-state index in [9.17, 15) is 14.7 Å². The molecule has 2 aliphatic heterocycles. The number of rotatable bonds is 7.